The fraction of sp³-hybridized carbons (Fsp3) is 0.158. The summed E-state index contributed by atoms with van der Waals surface area (Å²) in [7, 11) is 4.63. The van der Waals surface area contributed by atoms with E-state index in [0.29, 0.717) is 11.3 Å². The lowest BCUT2D eigenvalue weighted by Gasteiger charge is -2.14. The monoisotopic (exact) mass is 360 g/mol. The molecule has 0 heterocycles. The van der Waals surface area contributed by atoms with E-state index in [2.05, 4.69) is 5.32 Å². The summed E-state index contributed by atoms with van der Waals surface area (Å²) in [5.41, 5.74) is 0.310. The van der Waals surface area contributed by atoms with Crippen LogP contribution in [-0.2, 0) is 4.79 Å². The van der Waals surface area contributed by atoms with Crippen molar-refractivity contribution in [2.45, 2.75) is 0 Å². The van der Waals surface area contributed by atoms with E-state index in [4.69, 9.17) is 4.74 Å². The number of carbonyl (C=O) groups is 2. The van der Waals surface area contributed by atoms with Gasteiger partial charge in [0, 0.05) is 31.3 Å². The molecule has 0 aromatic heterocycles. The van der Waals surface area contributed by atoms with Crippen molar-refractivity contribution in [1.82, 2.24) is 4.90 Å². The van der Waals surface area contributed by atoms with Gasteiger partial charge in [0.15, 0.2) is 0 Å². The molecule has 7 heteroatoms. The van der Waals surface area contributed by atoms with Gasteiger partial charge in [0.05, 0.1) is 12.8 Å². The molecular formula is C19H18F2N2O3. The summed E-state index contributed by atoms with van der Waals surface area (Å²) in [5.74, 6) is -2.07. The molecule has 2 aromatic carbocycles. The summed E-state index contributed by atoms with van der Waals surface area (Å²) >= 11 is 0. The van der Waals surface area contributed by atoms with Gasteiger partial charge in [-0.2, -0.15) is 0 Å². The van der Waals surface area contributed by atoms with Crippen molar-refractivity contribution in [1.29, 1.82) is 0 Å². The standard InChI is InChI=1S/C19H18F2N2O3/c1-23(2)19(25)12-7-9-17(26-3)16(11-12)22-18(24)10-8-13-14(20)5-4-6-15(13)21/h4-11H,1-3H3,(H,22,24)/b10-8+. The number of rotatable bonds is 5. The van der Waals surface area contributed by atoms with Gasteiger partial charge in [-0.3, -0.25) is 9.59 Å². The summed E-state index contributed by atoms with van der Waals surface area (Å²) in [6.45, 7) is 0. The zero-order chi connectivity index (χ0) is 19.3. The van der Waals surface area contributed by atoms with E-state index in [9.17, 15) is 18.4 Å². The largest absolute Gasteiger partial charge is 0.495 e. The van der Waals surface area contributed by atoms with E-state index in [1.54, 1.807) is 26.2 Å². The Morgan fingerprint density at radius 1 is 1.12 bits per heavy atom. The third kappa shape index (κ3) is 4.44. The number of hydrogen-bond acceptors (Lipinski definition) is 3. The Hall–Kier alpha value is -3.22. The molecule has 0 radical (unpaired) electrons. The minimum atomic E-state index is -0.773. The highest BCUT2D eigenvalue weighted by atomic mass is 19.1. The van der Waals surface area contributed by atoms with Crippen LogP contribution in [0.3, 0.4) is 0 Å². The van der Waals surface area contributed by atoms with Gasteiger partial charge in [-0.1, -0.05) is 6.07 Å². The molecule has 0 aliphatic heterocycles. The van der Waals surface area contributed by atoms with Crippen LogP contribution >= 0.6 is 0 Å². The molecule has 0 spiro atoms. The Labute approximate surface area is 149 Å². The van der Waals surface area contributed by atoms with E-state index >= 15 is 0 Å². The van der Waals surface area contributed by atoms with Crippen LogP contribution in [0.15, 0.2) is 42.5 Å². The van der Waals surface area contributed by atoms with Crippen LogP contribution in [0.4, 0.5) is 14.5 Å². The summed E-state index contributed by atoms with van der Waals surface area (Å²) in [5, 5.41) is 2.54. The number of nitrogens with zero attached hydrogens (tertiary/aromatic N) is 1. The Morgan fingerprint density at radius 3 is 2.35 bits per heavy atom. The zero-order valence-electron chi connectivity index (χ0n) is 14.5. The first-order valence-corrected chi connectivity index (χ1v) is 7.66. The molecule has 1 N–H and O–H groups in total. The predicted molar refractivity (Wildman–Crippen MR) is 95.0 cm³/mol. The molecule has 136 valence electrons. The third-order valence-electron chi connectivity index (χ3n) is 3.51. The minimum absolute atomic E-state index is 0.243. The molecule has 0 unspecified atom stereocenters. The van der Waals surface area contributed by atoms with E-state index in [1.807, 2.05) is 0 Å². The van der Waals surface area contributed by atoms with Gasteiger partial charge in [0.2, 0.25) is 5.91 Å². The average Bonchev–Trinajstić information content (AvgIpc) is 2.60. The first-order chi connectivity index (χ1) is 12.3. The summed E-state index contributed by atoms with van der Waals surface area (Å²) in [6.07, 6.45) is 2.04. The molecule has 0 fully saturated rings. The predicted octanol–water partition coefficient (Wildman–Crippen LogP) is 3.33. The minimum Gasteiger partial charge on any atom is -0.495 e. The van der Waals surface area contributed by atoms with Crippen molar-refractivity contribution in [3.05, 3.63) is 65.2 Å². The molecule has 0 saturated carbocycles. The lowest BCUT2D eigenvalue weighted by atomic mass is 10.1. The Balaban J connectivity index is 2.24. The van der Waals surface area contributed by atoms with Crippen molar-refractivity contribution >= 4 is 23.6 Å². The molecule has 0 saturated heterocycles. The number of benzene rings is 2. The lowest BCUT2D eigenvalue weighted by molar-refractivity contribution is -0.111. The Bertz CT molecular complexity index is 844. The van der Waals surface area contributed by atoms with Gasteiger partial charge >= 0.3 is 0 Å². The molecular weight excluding hydrogens is 342 g/mol. The van der Waals surface area contributed by atoms with E-state index in [0.717, 1.165) is 24.3 Å². The van der Waals surface area contributed by atoms with Gasteiger partial charge < -0.3 is 15.0 Å². The number of amides is 2. The first kappa shape index (κ1) is 19.1. The Kier molecular flexibility index (Phi) is 6.06. The van der Waals surface area contributed by atoms with Gasteiger partial charge in [0.25, 0.3) is 5.91 Å². The third-order valence-corrected chi connectivity index (χ3v) is 3.51. The highest BCUT2D eigenvalue weighted by Gasteiger charge is 2.13. The number of carbonyl (C=O) groups excluding carboxylic acids is 2. The smallest absolute Gasteiger partial charge is 0.253 e. The average molecular weight is 360 g/mol. The van der Waals surface area contributed by atoms with Crippen LogP contribution in [0.25, 0.3) is 6.08 Å². The van der Waals surface area contributed by atoms with Crippen molar-refractivity contribution in [2.75, 3.05) is 26.5 Å². The van der Waals surface area contributed by atoms with Crippen LogP contribution in [0.5, 0.6) is 5.75 Å². The van der Waals surface area contributed by atoms with E-state index in [-0.39, 0.29) is 17.2 Å². The highest BCUT2D eigenvalue weighted by molar-refractivity contribution is 6.04. The van der Waals surface area contributed by atoms with Crippen LogP contribution < -0.4 is 10.1 Å². The quantitative estimate of drug-likeness (QED) is 0.832. The lowest BCUT2D eigenvalue weighted by Crippen LogP contribution is -2.22. The van der Waals surface area contributed by atoms with Crippen LogP contribution in [-0.4, -0.2) is 37.9 Å². The second-order valence-electron chi connectivity index (χ2n) is 5.57. The fourth-order valence-electron chi connectivity index (χ4n) is 2.20. The van der Waals surface area contributed by atoms with Gasteiger partial charge in [-0.25, -0.2) is 8.78 Å². The number of ether oxygens (including phenoxy) is 1. The molecule has 0 bridgehead atoms. The van der Waals surface area contributed by atoms with Crippen LogP contribution in [0.1, 0.15) is 15.9 Å². The van der Waals surface area contributed by atoms with Gasteiger partial charge in [0.1, 0.15) is 17.4 Å². The van der Waals surface area contributed by atoms with Gasteiger partial charge in [-0.15, -0.1) is 0 Å². The van der Waals surface area contributed by atoms with Crippen LogP contribution in [0.2, 0.25) is 0 Å². The SMILES string of the molecule is COc1ccc(C(=O)N(C)C)cc1NC(=O)/C=C/c1c(F)cccc1F. The maximum absolute atomic E-state index is 13.6. The van der Waals surface area contributed by atoms with E-state index in [1.165, 1.54) is 24.1 Å². The summed E-state index contributed by atoms with van der Waals surface area (Å²) < 4.78 is 32.3. The molecule has 0 atom stereocenters. The summed E-state index contributed by atoms with van der Waals surface area (Å²) in [6, 6.07) is 8.02. The van der Waals surface area contributed by atoms with Crippen molar-refractivity contribution in [2.24, 2.45) is 0 Å². The maximum atomic E-state index is 13.6. The second-order valence-corrected chi connectivity index (χ2v) is 5.57. The molecule has 2 aromatic rings. The molecule has 0 aliphatic carbocycles. The molecule has 2 rings (SSSR count). The molecule has 5 nitrogen and oxygen atoms in total. The second kappa shape index (κ2) is 8.24. The fourth-order valence-corrected chi connectivity index (χ4v) is 2.20. The number of nitrogens with one attached hydrogen (secondary N) is 1. The highest BCUT2D eigenvalue weighted by Crippen LogP contribution is 2.26. The zero-order valence-corrected chi connectivity index (χ0v) is 14.5. The van der Waals surface area contributed by atoms with Crippen molar-refractivity contribution < 1.29 is 23.1 Å². The number of halogens is 2. The number of anilines is 1. The Morgan fingerprint density at radius 2 is 1.77 bits per heavy atom. The number of hydrogen-bond donors (Lipinski definition) is 1. The molecule has 26 heavy (non-hydrogen) atoms. The normalized spacial score (nSPS) is 10.7. The molecule has 2 amide bonds. The first-order valence-electron chi connectivity index (χ1n) is 7.66. The van der Waals surface area contributed by atoms with Gasteiger partial charge in [-0.05, 0) is 36.4 Å². The maximum Gasteiger partial charge on any atom is 0.253 e. The topological polar surface area (TPSA) is 58.6 Å². The summed E-state index contributed by atoms with van der Waals surface area (Å²) in [4.78, 5) is 25.5. The molecule has 0 aliphatic rings. The van der Waals surface area contributed by atoms with Crippen molar-refractivity contribution in [3.63, 3.8) is 0 Å². The van der Waals surface area contributed by atoms with E-state index < -0.39 is 17.5 Å². The van der Waals surface area contributed by atoms with Crippen LogP contribution in [0, 0.1) is 11.6 Å². The van der Waals surface area contributed by atoms with Crippen molar-refractivity contribution in [3.8, 4) is 5.75 Å². The number of methoxy groups -OCH3 is 1.